The van der Waals surface area contributed by atoms with E-state index in [9.17, 15) is 10.1 Å². The number of nitro groups is 1. The molecule has 0 saturated heterocycles. The molecule has 3 aromatic rings. The Balaban J connectivity index is 2.14. The van der Waals surface area contributed by atoms with Gasteiger partial charge in [0.2, 0.25) is 0 Å². The molecule has 0 unspecified atom stereocenters. The normalized spacial score (nSPS) is 11.7. The topological polar surface area (TPSA) is 94.1 Å². The van der Waals surface area contributed by atoms with Gasteiger partial charge in [0.15, 0.2) is 0 Å². The molecule has 0 aliphatic heterocycles. The number of anilines is 1. The van der Waals surface area contributed by atoms with Crippen LogP contribution >= 0.6 is 0 Å². The molecule has 7 nitrogen and oxygen atoms in total. The van der Waals surface area contributed by atoms with Crippen molar-refractivity contribution in [1.29, 1.82) is 0 Å². The maximum atomic E-state index is 11.4. The smallest absolute Gasteiger partial charge is 0.311 e. The van der Waals surface area contributed by atoms with E-state index in [2.05, 4.69) is 36.2 Å². The molecule has 3 rings (SSSR count). The van der Waals surface area contributed by atoms with Gasteiger partial charge in [0.1, 0.15) is 17.6 Å². The Bertz CT molecular complexity index is 967. The van der Waals surface area contributed by atoms with E-state index < -0.39 is 4.92 Å². The van der Waals surface area contributed by atoms with E-state index in [4.69, 9.17) is 4.52 Å². The number of hydrogen-bond acceptors (Lipinski definition) is 6. The highest BCUT2D eigenvalue weighted by Crippen LogP contribution is 2.35. The highest BCUT2D eigenvalue weighted by molar-refractivity contribution is 5.97. The number of aryl methyl sites for hydroxylation is 2. The number of nitrogens with one attached hydrogen (secondary N) is 1. The molecule has 0 fully saturated rings. The summed E-state index contributed by atoms with van der Waals surface area (Å²) in [7, 11) is 0. The molecule has 0 radical (unpaired) electrons. The van der Waals surface area contributed by atoms with Crippen molar-refractivity contribution < 1.29 is 9.45 Å². The monoisotopic (exact) mass is 354 g/mol. The Kier molecular flexibility index (Phi) is 4.39. The van der Waals surface area contributed by atoms with Gasteiger partial charge in [-0.05, 0) is 37.0 Å². The van der Waals surface area contributed by atoms with E-state index in [1.165, 1.54) is 6.20 Å². The van der Waals surface area contributed by atoms with Gasteiger partial charge >= 0.3 is 5.69 Å². The fourth-order valence-electron chi connectivity index (χ4n) is 2.91. The third-order valence-corrected chi connectivity index (χ3v) is 4.16. The van der Waals surface area contributed by atoms with Gasteiger partial charge in [0.05, 0.1) is 16.1 Å². The summed E-state index contributed by atoms with van der Waals surface area (Å²) in [6.45, 7) is 10.6. The molecule has 0 bridgehead atoms. The zero-order valence-electron chi connectivity index (χ0n) is 15.6. The Labute approximate surface area is 151 Å². The minimum Gasteiger partial charge on any atom is -0.378 e. The van der Waals surface area contributed by atoms with Crippen molar-refractivity contribution in [2.45, 2.75) is 34.6 Å². The molecule has 0 aliphatic rings. The van der Waals surface area contributed by atoms with Crippen LogP contribution in [0.1, 0.15) is 32.2 Å². The molecule has 26 heavy (non-hydrogen) atoms. The van der Waals surface area contributed by atoms with E-state index in [1.807, 2.05) is 32.0 Å². The van der Waals surface area contributed by atoms with E-state index >= 15 is 0 Å². The molecule has 0 aliphatic carbocycles. The third kappa shape index (κ3) is 3.37. The zero-order valence-corrected chi connectivity index (χ0v) is 15.6. The maximum absolute atomic E-state index is 11.4. The Morgan fingerprint density at radius 2 is 2.00 bits per heavy atom. The zero-order chi connectivity index (χ0) is 19.1. The van der Waals surface area contributed by atoms with Gasteiger partial charge in [-0.3, -0.25) is 10.1 Å². The molecule has 2 heterocycles. The van der Waals surface area contributed by atoms with Gasteiger partial charge in [-0.15, -0.1) is 0 Å². The lowest BCUT2D eigenvalue weighted by Crippen LogP contribution is -2.19. The van der Waals surface area contributed by atoms with Crippen molar-refractivity contribution in [3.63, 3.8) is 0 Å². The SMILES string of the molecule is Cc1noc(C)c1-c1ccc2c(NCC(C)(C)C)c([N+](=O)[O-])cnc2c1. The van der Waals surface area contributed by atoms with E-state index in [1.54, 1.807) is 0 Å². The number of nitrogens with zero attached hydrogens (tertiary/aromatic N) is 3. The van der Waals surface area contributed by atoms with Crippen molar-refractivity contribution in [3.8, 4) is 11.1 Å². The summed E-state index contributed by atoms with van der Waals surface area (Å²) in [5, 5.41) is 19.4. The Morgan fingerprint density at radius 3 is 2.58 bits per heavy atom. The summed E-state index contributed by atoms with van der Waals surface area (Å²) >= 11 is 0. The van der Waals surface area contributed by atoms with Crippen LogP contribution in [0, 0.1) is 29.4 Å². The largest absolute Gasteiger partial charge is 0.378 e. The standard InChI is InChI=1S/C19H22N4O3/c1-11-17(12(2)26-22-11)13-6-7-14-15(8-13)20-9-16(23(24)25)18(14)21-10-19(3,4)5/h6-9H,10H2,1-5H3,(H,20,21). The number of aromatic nitrogens is 2. The highest BCUT2D eigenvalue weighted by Gasteiger charge is 2.21. The molecule has 0 saturated carbocycles. The summed E-state index contributed by atoms with van der Waals surface area (Å²) in [4.78, 5) is 15.3. The molecule has 136 valence electrons. The van der Waals surface area contributed by atoms with Crippen LogP contribution in [0.25, 0.3) is 22.0 Å². The van der Waals surface area contributed by atoms with Crippen molar-refractivity contribution >= 4 is 22.3 Å². The van der Waals surface area contributed by atoms with Crippen molar-refractivity contribution in [1.82, 2.24) is 10.1 Å². The van der Waals surface area contributed by atoms with Crippen LogP contribution in [0.2, 0.25) is 0 Å². The fraction of sp³-hybridized carbons (Fsp3) is 0.368. The quantitative estimate of drug-likeness (QED) is 0.530. The summed E-state index contributed by atoms with van der Waals surface area (Å²) in [6.07, 6.45) is 1.31. The number of hydrogen-bond donors (Lipinski definition) is 1. The highest BCUT2D eigenvalue weighted by atomic mass is 16.6. The summed E-state index contributed by atoms with van der Waals surface area (Å²) in [6, 6.07) is 5.69. The van der Waals surface area contributed by atoms with Gasteiger partial charge in [-0.25, -0.2) is 4.98 Å². The average molecular weight is 354 g/mol. The van der Waals surface area contributed by atoms with Gasteiger partial charge in [0.25, 0.3) is 0 Å². The van der Waals surface area contributed by atoms with Crippen LogP contribution in [-0.4, -0.2) is 21.6 Å². The fourth-order valence-corrected chi connectivity index (χ4v) is 2.91. The molecule has 7 heteroatoms. The van der Waals surface area contributed by atoms with Crippen molar-refractivity contribution in [3.05, 3.63) is 46.0 Å². The van der Waals surface area contributed by atoms with Crippen molar-refractivity contribution in [2.75, 3.05) is 11.9 Å². The number of pyridine rings is 1. The van der Waals surface area contributed by atoms with Crippen LogP contribution in [0.3, 0.4) is 0 Å². The molecule has 0 amide bonds. The average Bonchev–Trinajstić information content (AvgIpc) is 2.89. The van der Waals surface area contributed by atoms with Crippen molar-refractivity contribution in [2.24, 2.45) is 5.41 Å². The van der Waals surface area contributed by atoms with Crippen LogP contribution in [0.15, 0.2) is 28.9 Å². The summed E-state index contributed by atoms with van der Waals surface area (Å²) in [5.41, 5.74) is 3.81. The minimum atomic E-state index is -0.403. The first-order valence-corrected chi connectivity index (χ1v) is 8.41. The van der Waals surface area contributed by atoms with Crippen LogP contribution in [-0.2, 0) is 0 Å². The van der Waals surface area contributed by atoms with Gasteiger partial charge in [-0.1, -0.05) is 32.0 Å². The predicted molar refractivity (Wildman–Crippen MR) is 101 cm³/mol. The minimum absolute atomic E-state index is 0.0138. The van der Waals surface area contributed by atoms with Crippen LogP contribution in [0.4, 0.5) is 11.4 Å². The second kappa shape index (κ2) is 6.40. The number of benzene rings is 1. The van der Waals surface area contributed by atoms with Gasteiger partial charge in [0, 0.05) is 17.5 Å². The molecular formula is C19H22N4O3. The molecule has 0 atom stereocenters. The van der Waals surface area contributed by atoms with E-state index in [0.717, 1.165) is 28.0 Å². The number of rotatable bonds is 4. The summed E-state index contributed by atoms with van der Waals surface area (Å²) in [5.74, 6) is 0.731. The molecule has 0 spiro atoms. The molecular weight excluding hydrogens is 332 g/mol. The van der Waals surface area contributed by atoms with E-state index in [-0.39, 0.29) is 11.1 Å². The van der Waals surface area contributed by atoms with E-state index in [0.29, 0.717) is 17.7 Å². The first-order valence-electron chi connectivity index (χ1n) is 8.41. The van der Waals surface area contributed by atoms with Crippen LogP contribution < -0.4 is 5.32 Å². The third-order valence-electron chi connectivity index (χ3n) is 4.16. The van der Waals surface area contributed by atoms with Gasteiger partial charge in [-0.2, -0.15) is 0 Å². The first kappa shape index (κ1) is 17.8. The predicted octanol–water partition coefficient (Wildman–Crippen LogP) is 4.87. The maximum Gasteiger partial charge on any atom is 0.311 e. The second-order valence-electron chi connectivity index (χ2n) is 7.62. The summed E-state index contributed by atoms with van der Waals surface area (Å²) < 4.78 is 5.24. The number of fused-ring (bicyclic) bond motifs is 1. The lowest BCUT2D eigenvalue weighted by atomic mass is 9.96. The molecule has 1 N–H and O–H groups in total. The Morgan fingerprint density at radius 1 is 1.27 bits per heavy atom. The molecule has 2 aromatic heterocycles. The Hall–Kier alpha value is -2.96. The second-order valence-corrected chi connectivity index (χ2v) is 7.62. The van der Waals surface area contributed by atoms with Gasteiger partial charge < -0.3 is 9.84 Å². The van der Waals surface area contributed by atoms with Crippen LogP contribution in [0.5, 0.6) is 0 Å². The lowest BCUT2D eigenvalue weighted by Gasteiger charge is -2.20. The lowest BCUT2D eigenvalue weighted by molar-refractivity contribution is -0.384. The first-order chi connectivity index (χ1) is 12.2. The molecule has 1 aromatic carbocycles.